The molecule has 0 radical (unpaired) electrons. The van der Waals surface area contributed by atoms with E-state index in [9.17, 15) is 4.79 Å². The van der Waals surface area contributed by atoms with Crippen LogP contribution in [0.1, 0.15) is 15.9 Å². The first kappa shape index (κ1) is 7.10. The summed E-state index contributed by atoms with van der Waals surface area (Å²) in [5.74, 6) is 1.48. The predicted octanol–water partition coefficient (Wildman–Crippen LogP) is 1.95. The second-order valence-corrected chi connectivity index (χ2v) is 2.76. The Kier molecular flexibility index (Phi) is 1.47. The molecule has 0 atom stereocenters. The minimum Gasteiger partial charge on any atom is -0.462 e. The molecule has 2 rings (SSSR count). The lowest BCUT2D eigenvalue weighted by molar-refractivity contribution is 0.112. The first-order chi connectivity index (χ1) is 5.81. The van der Waals surface area contributed by atoms with Gasteiger partial charge in [0.1, 0.15) is 17.8 Å². The second-order valence-electron chi connectivity index (χ2n) is 2.76. The van der Waals surface area contributed by atoms with Crippen LogP contribution in [0.5, 0.6) is 5.75 Å². The van der Waals surface area contributed by atoms with Crippen LogP contribution in [-0.2, 0) is 6.42 Å². The van der Waals surface area contributed by atoms with Crippen LogP contribution in [0, 0.1) is 0 Å². The molecule has 0 spiro atoms. The average molecular weight is 160 g/mol. The summed E-state index contributed by atoms with van der Waals surface area (Å²) in [6, 6.07) is 5.44. The molecule has 0 bridgehead atoms. The maximum Gasteiger partial charge on any atom is 0.150 e. The molecule has 0 aromatic heterocycles. The van der Waals surface area contributed by atoms with Crippen molar-refractivity contribution in [3.8, 4) is 5.75 Å². The minimum absolute atomic E-state index is 0.657. The van der Waals surface area contributed by atoms with E-state index in [0.29, 0.717) is 17.7 Å². The number of fused-ring (bicyclic) bond motifs is 1. The van der Waals surface area contributed by atoms with E-state index in [1.807, 2.05) is 6.07 Å². The van der Waals surface area contributed by atoms with Gasteiger partial charge in [0.15, 0.2) is 0 Å². The molecular formula is C10H8O2. The highest BCUT2D eigenvalue weighted by Gasteiger charge is 2.18. The van der Waals surface area contributed by atoms with Gasteiger partial charge in [-0.2, -0.15) is 0 Å². The first-order valence-electron chi connectivity index (χ1n) is 3.74. The number of benzene rings is 1. The number of rotatable bonds is 1. The summed E-state index contributed by atoms with van der Waals surface area (Å²) in [5, 5.41) is 0. The number of hydrogen-bond acceptors (Lipinski definition) is 2. The third-order valence-electron chi connectivity index (χ3n) is 1.92. The zero-order chi connectivity index (χ0) is 8.55. The van der Waals surface area contributed by atoms with Crippen LogP contribution >= 0.6 is 0 Å². The lowest BCUT2D eigenvalue weighted by Crippen LogP contribution is -1.86. The van der Waals surface area contributed by atoms with Crippen molar-refractivity contribution in [2.75, 3.05) is 0 Å². The molecule has 1 aromatic carbocycles. The van der Waals surface area contributed by atoms with Gasteiger partial charge in [-0.05, 0) is 6.07 Å². The van der Waals surface area contributed by atoms with Crippen molar-refractivity contribution in [2.24, 2.45) is 0 Å². The fourth-order valence-corrected chi connectivity index (χ4v) is 1.37. The van der Waals surface area contributed by atoms with Crippen LogP contribution in [0.4, 0.5) is 0 Å². The van der Waals surface area contributed by atoms with Crippen molar-refractivity contribution in [2.45, 2.75) is 6.42 Å². The van der Waals surface area contributed by atoms with Gasteiger partial charge in [0.25, 0.3) is 0 Å². The van der Waals surface area contributed by atoms with E-state index in [1.54, 1.807) is 12.1 Å². The summed E-state index contributed by atoms with van der Waals surface area (Å²) in [6.07, 6.45) is 1.50. The molecule has 0 N–H and O–H groups in total. The quantitative estimate of drug-likeness (QED) is 0.587. The molecule has 0 aliphatic carbocycles. The lowest BCUT2D eigenvalue weighted by Gasteiger charge is -1.98. The zero-order valence-corrected chi connectivity index (χ0v) is 6.54. The van der Waals surface area contributed by atoms with Gasteiger partial charge in [0.2, 0.25) is 0 Å². The highest BCUT2D eigenvalue weighted by atomic mass is 16.5. The Labute approximate surface area is 70.5 Å². The second kappa shape index (κ2) is 2.48. The Hall–Kier alpha value is -1.57. The molecule has 1 heterocycles. The zero-order valence-electron chi connectivity index (χ0n) is 6.54. The molecule has 12 heavy (non-hydrogen) atoms. The van der Waals surface area contributed by atoms with Gasteiger partial charge in [0, 0.05) is 17.5 Å². The van der Waals surface area contributed by atoms with Crippen molar-refractivity contribution in [3.05, 3.63) is 41.7 Å². The summed E-state index contributed by atoms with van der Waals surface area (Å²) in [5.41, 5.74) is 1.66. The number of carbonyl (C=O) groups is 1. The molecule has 2 nitrogen and oxygen atoms in total. The van der Waals surface area contributed by atoms with E-state index in [2.05, 4.69) is 6.58 Å². The van der Waals surface area contributed by atoms with Crippen molar-refractivity contribution >= 4 is 6.29 Å². The monoisotopic (exact) mass is 160 g/mol. The maximum atomic E-state index is 10.6. The molecule has 2 heteroatoms. The number of allylic oxidation sites excluding steroid dienone is 1. The SMILES string of the molecule is C=C1Cc2c(C=O)cccc2O1. The molecule has 0 amide bonds. The molecule has 0 unspecified atom stereocenters. The lowest BCUT2D eigenvalue weighted by atomic mass is 10.1. The molecule has 0 saturated heterocycles. The van der Waals surface area contributed by atoms with E-state index >= 15 is 0 Å². The number of carbonyl (C=O) groups excluding carboxylic acids is 1. The summed E-state index contributed by atoms with van der Waals surface area (Å²) in [6.45, 7) is 3.71. The Morgan fingerprint density at radius 1 is 1.50 bits per heavy atom. The van der Waals surface area contributed by atoms with Gasteiger partial charge in [-0.25, -0.2) is 0 Å². The number of ether oxygens (including phenoxy) is 1. The van der Waals surface area contributed by atoms with E-state index in [-0.39, 0.29) is 0 Å². The molecular weight excluding hydrogens is 152 g/mol. The maximum absolute atomic E-state index is 10.6. The number of aldehydes is 1. The number of hydrogen-bond donors (Lipinski definition) is 0. The predicted molar refractivity (Wildman–Crippen MR) is 45.3 cm³/mol. The highest BCUT2D eigenvalue weighted by molar-refractivity contribution is 5.79. The van der Waals surface area contributed by atoms with Crippen molar-refractivity contribution in [3.63, 3.8) is 0 Å². The smallest absolute Gasteiger partial charge is 0.150 e. The van der Waals surface area contributed by atoms with Gasteiger partial charge >= 0.3 is 0 Å². The van der Waals surface area contributed by atoms with Crippen LogP contribution in [0.25, 0.3) is 0 Å². The van der Waals surface area contributed by atoms with Gasteiger partial charge in [0.05, 0.1) is 0 Å². The molecule has 0 saturated carbocycles. The third kappa shape index (κ3) is 0.925. The molecule has 60 valence electrons. The molecule has 0 fully saturated rings. The van der Waals surface area contributed by atoms with Gasteiger partial charge in [-0.1, -0.05) is 18.7 Å². The van der Waals surface area contributed by atoms with Crippen LogP contribution in [0.3, 0.4) is 0 Å². The van der Waals surface area contributed by atoms with Gasteiger partial charge in [-0.15, -0.1) is 0 Å². The molecule has 1 aliphatic heterocycles. The Balaban J connectivity index is 2.58. The first-order valence-corrected chi connectivity index (χ1v) is 3.74. The van der Waals surface area contributed by atoms with Crippen LogP contribution < -0.4 is 4.74 Å². The molecule has 1 aromatic rings. The van der Waals surface area contributed by atoms with Crippen LogP contribution in [-0.4, -0.2) is 6.29 Å². The van der Waals surface area contributed by atoms with E-state index in [0.717, 1.165) is 17.6 Å². The van der Waals surface area contributed by atoms with Gasteiger partial charge < -0.3 is 4.74 Å². The van der Waals surface area contributed by atoms with Crippen molar-refractivity contribution in [1.29, 1.82) is 0 Å². The fraction of sp³-hybridized carbons (Fsp3) is 0.100. The van der Waals surface area contributed by atoms with Crippen LogP contribution in [0.15, 0.2) is 30.5 Å². The summed E-state index contributed by atoms with van der Waals surface area (Å²) in [4.78, 5) is 10.6. The van der Waals surface area contributed by atoms with Crippen molar-refractivity contribution in [1.82, 2.24) is 0 Å². The van der Waals surface area contributed by atoms with Crippen LogP contribution in [0.2, 0.25) is 0 Å². The largest absolute Gasteiger partial charge is 0.462 e. The third-order valence-corrected chi connectivity index (χ3v) is 1.92. The normalized spacial score (nSPS) is 13.8. The van der Waals surface area contributed by atoms with E-state index in [1.165, 1.54) is 0 Å². The van der Waals surface area contributed by atoms with E-state index < -0.39 is 0 Å². The van der Waals surface area contributed by atoms with Gasteiger partial charge in [-0.3, -0.25) is 4.79 Å². The Morgan fingerprint density at radius 3 is 3.08 bits per heavy atom. The Bertz CT molecular complexity index is 353. The summed E-state index contributed by atoms with van der Waals surface area (Å²) >= 11 is 0. The summed E-state index contributed by atoms with van der Waals surface area (Å²) < 4.78 is 5.30. The minimum atomic E-state index is 0.657. The Morgan fingerprint density at radius 2 is 2.33 bits per heavy atom. The summed E-state index contributed by atoms with van der Waals surface area (Å²) in [7, 11) is 0. The molecule has 1 aliphatic rings. The average Bonchev–Trinajstić information content (AvgIpc) is 2.44. The highest BCUT2D eigenvalue weighted by Crippen LogP contribution is 2.31. The van der Waals surface area contributed by atoms with Crippen molar-refractivity contribution < 1.29 is 9.53 Å². The van der Waals surface area contributed by atoms with E-state index in [4.69, 9.17) is 4.74 Å². The topological polar surface area (TPSA) is 26.3 Å². The fourth-order valence-electron chi connectivity index (χ4n) is 1.37. The standard InChI is InChI=1S/C10H8O2/c1-7-5-9-8(6-11)3-2-4-10(9)12-7/h2-4,6H,1,5H2.